The van der Waals surface area contributed by atoms with Gasteiger partial charge in [-0.25, -0.2) is 10.4 Å². The average molecular weight is 692 g/mol. The first-order valence-electron chi connectivity index (χ1n) is 12.3. The van der Waals surface area contributed by atoms with Crippen molar-refractivity contribution in [3.8, 4) is 17.2 Å². The second-order valence-corrected chi connectivity index (χ2v) is 12.6. The van der Waals surface area contributed by atoms with Crippen molar-refractivity contribution in [2.75, 3.05) is 12.4 Å². The van der Waals surface area contributed by atoms with Gasteiger partial charge in [-0.3, -0.25) is 14.2 Å². The molecule has 12 heteroatoms. The molecule has 8 nitrogen and oxygen atoms in total. The highest BCUT2D eigenvalue weighted by atomic mass is 79.9. The van der Waals surface area contributed by atoms with Gasteiger partial charge in [0.1, 0.15) is 16.3 Å². The number of nitrogens with one attached hydrogen (secondary N) is 1. The van der Waals surface area contributed by atoms with Crippen LogP contribution in [0.25, 0.3) is 15.9 Å². The number of phenols is 1. The molecule has 0 saturated carbocycles. The highest BCUT2D eigenvalue weighted by Gasteiger charge is 2.23. The summed E-state index contributed by atoms with van der Waals surface area (Å²) in [6.07, 6.45) is 5.39. The fraction of sp³-hybridized carbons (Fsp3) is 0.259. The summed E-state index contributed by atoms with van der Waals surface area (Å²) >= 11 is 9.39. The Balaban J connectivity index is 1.42. The maximum absolute atomic E-state index is 13.9. The van der Waals surface area contributed by atoms with Gasteiger partial charge in [0.2, 0.25) is 0 Å². The lowest BCUT2D eigenvalue weighted by molar-refractivity contribution is -0.118. The number of carbonyl (C=O) groups is 1. The summed E-state index contributed by atoms with van der Waals surface area (Å²) < 4.78 is 8.40. The molecule has 0 fully saturated rings. The van der Waals surface area contributed by atoms with E-state index in [1.54, 1.807) is 28.0 Å². The minimum Gasteiger partial charge on any atom is -0.506 e. The smallest absolute Gasteiger partial charge is 0.267 e. The number of thioether (sulfide) groups is 1. The highest BCUT2D eigenvalue weighted by Crippen LogP contribution is 2.35. The fourth-order valence-electron chi connectivity index (χ4n) is 4.39. The molecule has 0 aliphatic heterocycles. The van der Waals surface area contributed by atoms with Crippen molar-refractivity contribution in [3.63, 3.8) is 0 Å². The number of ether oxygens (including phenoxy) is 1. The van der Waals surface area contributed by atoms with Crippen LogP contribution in [0.5, 0.6) is 11.5 Å². The summed E-state index contributed by atoms with van der Waals surface area (Å²) in [4.78, 5) is 33.3. The van der Waals surface area contributed by atoms with Gasteiger partial charge in [-0.15, -0.1) is 11.3 Å². The van der Waals surface area contributed by atoms with Crippen LogP contribution < -0.4 is 15.7 Å². The standard InChI is InChI=1S/C27H24Br2N4O4S2/c1-2-37-18-9-7-17(8-10-18)33-26(36)23-19-5-3-4-6-21(19)39-25(23)31-27(33)38-14-22(34)32-30-13-15-11-16(28)12-20(29)24(15)35/h7-13,35H,2-6,14H2,1H3,(H,32,34)/b30-13+. The Labute approximate surface area is 249 Å². The molecule has 2 N–H and O–H groups in total. The number of carbonyl (C=O) groups excluding carboxylic acids is 1. The van der Waals surface area contributed by atoms with Gasteiger partial charge in [-0.05, 0) is 90.5 Å². The van der Waals surface area contributed by atoms with Gasteiger partial charge in [-0.2, -0.15) is 5.10 Å². The Morgan fingerprint density at radius 1 is 1.26 bits per heavy atom. The number of amides is 1. The van der Waals surface area contributed by atoms with E-state index >= 15 is 0 Å². The summed E-state index contributed by atoms with van der Waals surface area (Å²) in [5, 5.41) is 15.3. The zero-order chi connectivity index (χ0) is 27.5. The summed E-state index contributed by atoms with van der Waals surface area (Å²) in [5.41, 5.74) is 4.56. The zero-order valence-electron chi connectivity index (χ0n) is 20.9. The number of nitrogens with zero attached hydrogens (tertiary/aromatic N) is 3. The van der Waals surface area contributed by atoms with Gasteiger partial charge in [0.25, 0.3) is 11.5 Å². The highest BCUT2D eigenvalue weighted by molar-refractivity contribution is 9.11. The molecule has 5 rings (SSSR count). The van der Waals surface area contributed by atoms with E-state index in [0.29, 0.717) is 43.5 Å². The van der Waals surface area contributed by atoms with Crippen LogP contribution in [0.4, 0.5) is 0 Å². The SMILES string of the molecule is CCOc1ccc(-n2c(SCC(=O)N/N=C/c3cc(Br)cc(Br)c3O)nc3sc4c(c3c2=O)CCCC4)cc1. The van der Waals surface area contributed by atoms with Crippen molar-refractivity contribution in [2.24, 2.45) is 5.10 Å². The van der Waals surface area contributed by atoms with Crippen LogP contribution in [0.1, 0.15) is 35.8 Å². The minimum absolute atomic E-state index is 0.00837. The van der Waals surface area contributed by atoms with Gasteiger partial charge < -0.3 is 9.84 Å². The van der Waals surface area contributed by atoms with Crippen molar-refractivity contribution in [3.05, 3.63) is 71.7 Å². The number of aromatic hydroxyl groups is 1. The predicted molar refractivity (Wildman–Crippen MR) is 163 cm³/mol. The van der Waals surface area contributed by atoms with Gasteiger partial charge in [0.15, 0.2) is 5.16 Å². The number of halogens is 2. The second-order valence-electron chi connectivity index (χ2n) is 8.76. The predicted octanol–water partition coefficient (Wildman–Crippen LogP) is 6.20. The van der Waals surface area contributed by atoms with Gasteiger partial charge >= 0.3 is 0 Å². The third-order valence-electron chi connectivity index (χ3n) is 6.15. The number of hydrazone groups is 1. The summed E-state index contributed by atoms with van der Waals surface area (Å²) in [5.74, 6) is 0.348. The van der Waals surface area contributed by atoms with Gasteiger partial charge in [-0.1, -0.05) is 27.7 Å². The van der Waals surface area contributed by atoms with Gasteiger partial charge in [0.05, 0.1) is 34.1 Å². The Morgan fingerprint density at radius 3 is 2.79 bits per heavy atom. The van der Waals surface area contributed by atoms with Crippen molar-refractivity contribution < 1.29 is 14.6 Å². The molecule has 0 radical (unpaired) electrons. The maximum atomic E-state index is 13.9. The molecule has 1 aliphatic rings. The van der Waals surface area contributed by atoms with Crippen LogP contribution in [-0.4, -0.2) is 39.1 Å². The number of hydrogen-bond donors (Lipinski definition) is 2. The molecule has 0 saturated heterocycles. The summed E-state index contributed by atoms with van der Waals surface area (Å²) in [7, 11) is 0. The van der Waals surface area contributed by atoms with E-state index < -0.39 is 0 Å². The van der Waals surface area contributed by atoms with Crippen LogP contribution in [0.15, 0.2) is 60.4 Å². The molecule has 1 amide bonds. The second kappa shape index (κ2) is 12.2. The molecule has 0 spiro atoms. The molecule has 1 aliphatic carbocycles. The van der Waals surface area contributed by atoms with Crippen LogP contribution in [-0.2, 0) is 17.6 Å². The van der Waals surface area contributed by atoms with E-state index in [0.717, 1.165) is 35.7 Å². The minimum atomic E-state index is -0.372. The molecule has 4 aromatic rings. The first-order chi connectivity index (χ1) is 18.9. The summed E-state index contributed by atoms with van der Waals surface area (Å²) in [6.45, 7) is 2.46. The summed E-state index contributed by atoms with van der Waals surface area (Å²) in [6, 6.07) is 10.7. The van der Waals surface area contributed by atoms with Crippen LogP contribution >= 0.6 is 55.0 Å². The maximum Gasteiger partial charge on any atom is 0.267 e. The number of phenolic OH excluding ortho intramolecular Hbond substituents is 1. The number of aromatic nitrogens is 2. The van der Waals surface area contributed by atoms with E-state index in [1.165, 1.54) is 22.9 Å². The van der Waals surface area contributed by atoms with E-state index in [1.807, 2.05) is 31.2 Å². The largest absolute Gasteiger partial charge is 0.506 e. The van der Waals surface area contributed by atoms with Crippen LogP contribution in [0.2, 0.25) is 0 Å². The first-order valence-corrected chi connectivity index (χ1v) is 15.7. The Kier molecular flexibility index (Phi) is 8.75. The van der Waals surface area contributed by atoms with Crippen molar-refractivity contribution in [2.45, 2.75) is 37.8 Å². The Hall–Kier alpha value is -2.67. The molecular weight excluding hydrogens is 668 g/mol. The third kappa shape index (κ3) is 6.08. The number of benzene rings is 2. The van der Waals surface area contributed by atoms with Gasteiger partial charge in [0, 0.05) is 14.9 Å². The first kappa shape index (κ1) is 27.9. The van der Waals surface area contributed by atoms with E-state index in [2.05, 4.69) is 42.4 Å². The topological polar surface area (TPSA) is 106 Å². The lowest BCUT2D eigenvalue weighted by Gasteiger charge is -2.14. The van der Waals surface area contributed by atoms with E-state index in [9.17, 15) is 14.7 Å². The number of aryl methyl sites for hydroxylation is 2. The average Bonchev–Trinajstić information content (AvgIpc) is 3.30. The Morgan fingerprint density at radius 2 is 2.03 bits per heavy atom. The molecule has 0 unspecified atom stereocenters. The van der Waals surface area contributed by atoms with E-state index in [4.69, 9.17) is 9.72 Å². The van der Waals surface area contributed by atoms with E-state index in [-0.39, 0.29) is 23.0 Å². The van der Waals surface area contributed by atoms with Crippen LogP contribution in [0.3, 0.4) is 0 Å². The molecule has 2 aromatic carbocycles. The molecular formula is C27H24Br2N4O4S2. The zero-order valence-corrected chi connectivity index (χ0v) is 25.7. The van der Waals surface area contributed by atoms with Crippen molar-refractivity contribution in [1.82, 2.24) is 15.0 Å². The quantitative estimate of drug-likeness (QED) is 0.0987. The molecule has 39 heavy (non-hydrogen) atoms. The molecule has 2 heterocycles. The number of fused-ring (bicyclic) bond motifs is 3. The fourth-order valence-corrected chi connectivity index (χ4v) is 7.76. The monoisotopic (exact) mass is 690 g/mol. The lowest BCUT2D eigenvalue weighted by atomic mass is 9.97. The number of hydrogen-bond acceptors (Lipinski definition) is 8. The normalized spacial score (nSPS) is 13.1. The molecule has 2 aromatic heterocycles. The molecule has 0 atom stereocenters. The molecule has 0 bridgehead atoms. The number of thiophene rings is 1. The number of rotatable bonds is 8. The Bertz CT molecular complexity index is 1630. The molecule has 202 valence electrons. The lowest BCUT2D eigenvalue weighted by Crippen LogP contribution is -2.24. The van der Waals surface area contributed by atoms with Crippen LogP contribution in [0, 0.1) is 0 Å². The van der Waals surface area contributed by atoms with Crippen molar-refractivity contribution in [1.29, 1.82) is 0 Å². The third-order valence-corrected chi connectivity index (χ3v) is 9.33. The van der Waals surface area contributed by atoms with Crippen molar-refractivity contribution >= 4 is 77.3 Å².